The van der Waals surface area contributed by atoms with Gasteiger partial charge in [0, 0.05) is 33.0 Å². The van der Waals surface area contributed by atoms with Crippen LogP contribution in [0.3, 0.4) is 0 Å². The van der Waals surface area contributed by atoms with Gasteiger partial charge in [-0.15, -0.1) is 0 Å². The van der Waals surface area contributed by atoms with E-state index in [4.69, 9.17) is 4.52 Å². The number of aromatic nitrogens is 2. The quantitative estimate of drug-likeness (QED) is 0.782. The summed E-state index contributed by atoms with van der Waals surface area (Å²) in [4.78, 5) is 10.7. The fourth-order valence-corrected chi connectivity index (χ4v) is 1.54. The van der Waals surface area contributed by atoms with Crippen molar-refractivity contribution in [1.29, 1.82) is 0 Å². The second-order valence-electron chi connectivity index (χ2n) is 3.76. The van der Waals surface area contributed by atoms with Crippen LogP contribution in [0.4, 0.5) is 0 Å². The average Bonchev–Trinajstić information content (AvgIpc) is 2.89. The Morgan fingerprint density at radius 1 is 1.50 bits per heavy atom. The molecule has 2 rings (SSSR count). The molecule has 1 aromatic rings. The van der Waals surface area contributed by atoms with Crippen LogP contribution in [0.15, 0.2) is 9.52 Å². The summed E-state index contributed by atoms with van der Waals surface area (Å²) in [7, 11) is 2.03. The van der Waals surface area contributed by atoms with Gasteiger partial charge in [0.05, 0.1) is 6.54 Å². The number of rotatable bonds is 4. The Balaban J connectivity index is 1.75. The summed E-state index contributed by atoms with van der Waals surface area (Å²) >= 11 is 0. The molecule has 0 saturated carbocycles. The molecule has 6 heteroatoms. The van der Waals surface area contributed by atoms with E-state index in [2.05, 4.69) is 25.3 Å². The molecule has 88 valence electrons. The highest BCUT2D eigenvalue weighted by molar-refractivity contribution is 5.81. The van der Waals surface area contributed by atoms with Gasteiger partial charge in [0.25, 0.3) is 0 Å². The summed E-state index contributed by atoms with van der Waals surface area (Å²) in [5.74, 6) is 2.41. The second-order valence-corrected chi connectivity index (χ2v) is 3.76. The van der Waals surface area contributed by atoms with Crippen molar-refractivity contribution in [3.8, 4) is 0 Å². The molecular weight excluding hydrogens is 206 g/mol. The van der Waals surface area contributed by atoms with E-state index in [9.17, 15) is 0 Å². The van der Waals surface area contributed by atoms with E-state index < -0.39 is 0 Å². The molecule has 0 radical (unpaired) electrons. The largest absolute Gasteiger partial charge is 0.356 e. The number of hydrogen-bond acceptors (Lipinski definition) is 6. The minimum absolute atomic E-state index is 0.699. The van der Waals surface area contributed by atoms with Crippen LogP contribution < -0.4 is 5.32 Å². The molecule has 1 aliphatic heterocycles. The number of aliphatic imine (C=N–C) groups is 1. The third-order valence-electron chi connectivity index (χ3n) is 2.50. The standard InChI is InChI=1S/C10H17N5O/c1-3-9-13-8(14-16-9)4-5-11-10-12-6-7-15(10)2/h3-7H2,1-2H3,(H,11,12). The summed E-state index contributed by atoms with van der Waals surface area (Å²) in [5.41, 5.74) is 0. The van der Waals surface area contributed by atoms with Crippen molar-refractivity contribution >= 4 is 5.96 Å². The van der Waals surface area contributed by atoms with Crippen LogP contribution >= 0.6 is 0 Å². The van der Waals surface area contributed by atoms with Crippen LogP contribution in [-0.2, 0) is 12.8 Å². The molecule has 1 aliphatic rings. The number of guanidine groups is 1. The Kier molecular flexibility index (Phi) is 3.38. The van der Waals surface area contributed by atoms with Crippen molar-refractivity contribution in [3.05, 3.63) is 11.7 Å². The maximum absolute atomic E-state index is 5.03. The molecule has 0 atom stereocenters. The van der Waals surface area contributed by atoms with Crippen LogP contribution in [0.1, 0.15) is 18.6 Å². The van der Waals surface area contributed by atoms with Gasteiger partial charge in [-0.1, -0.05) is 12.1 Å². The van der Waals surface area contributed by atoms with E-state index in [-0.39, 0.29) is 0 Å². The number of nitrogens with zero attached hydrogens (tertiary/aromatic N) is 4. The van der Waals surface area contributed by atoms with Gasteiger partial charge in [0.15, 0.2) is 11.8 Å². The second kappa shape index (κ2) is 4.96. The van der Waals surface area contributed by atoms with Crippen molar-refractivity contribution in [3.63, 3.8) is 0 Å². The van der Waals surface area contributed by atoms with E-state index in [1.165, 1.54) is 0 Å². The fourth-order valence-electron chi connectivity index (χ4n) is 1.54. The molecule has 0 bridgehead atoms. The summed E-state index contributed by atoms with van der Waals surface area (Å²) in [5, 5.41) is 7.15. The Bertz CT molecular complexity index is 373. The lowest BCUT2D eigenvalue weighted by Gasteiger charge is -2.14. The molecule has 0 unspecified atom stereocenters. The van der Waals surface area contributed by atoms with Gasteiger partial charge in [0.1, 0.15) is 0 Å². The highest BCUT2D eigenvalue weighted by Gasteiger charge is 2.11. The van der Waals surface area contributed by atoms with Crippen molar-refractivity contribution < 1.29 is 4.52 Å². The van der Waals surface area contributed by atoms with Crippen LogP contribution in [0.25, 0.3) is 0 Å². The van der Waals surface area contributed by atoms with Gasteiger partial charge in [-0.05, 0) is 0 Å². The Morgan fingerprint density at radius 3 is 3.00 bits per heavy atom. The molecule has 0 amide bonds. The molecule has 2 heterocycles. The van der Waals surface area contributed by atoms with Crippen molar-refractivity contribution in [2.24, 2.45) is 4.99 Å². The van der Waals surface area contributed by atoms with Gasteiger partial charge >= 0.3 is 0 Å². The summed E-state index contributed by atoms with van der Waals surface area (Å²) in [6.45, 7) is 4.65. The van der Waals surface area contributed by atoms with Gasteiger partial charge in [-0.2, -0.15) is 4.98 Å². The SMILES string of the molecule is CCc1nc(CCNC2=NCCN2C)no1. The monoisotopic (exact) mass is 223 g/mol. The first-order valence-corrected chi connectivity index (χ1v) is 5.60. The molecule has 0 fully saturated rings. The van der Waals surface area contributed by atoms with E-state index in [0.717, 1.165) is 44.3 Å². The van der Waals surface area contributed by atoms with E-state index in [0.29, 0.717) is 5.89 Å². The Morgan fingerprint density at radius 2 is 2.38 bits per heavy atom. The molecule has 0 spiro atoms. The predicted molar refractivity (Wildman–Crippen MR) is 60.3 cm³/mol. The molecule has 6 nitrogen and oxygen atoms in total. The smallest absolute Gasteiger partial charge is 0.226 e. The van der Waals surface area contributed by atoms with Gasteiger partial charge in [-0.3, -0.25) is 4.99 Å². The predicted octanol–water partition coefficient (Wildman–Crippen LogP) is 0.0655. The fraction of sp³-hybridized carbons (Fsp3) is 0.700. The zero-order valence-electron chi connectivity index (χ0n) is 9.73. The van der Waals surface area contributed by atoms with Crippen molar-refractivity contribution in [2.45, 2.75) is 19.8 Å². The zero-order chi connectivity index (χ0) is 11.4. The first-order valence-electron chi connectivity index (χ1n) is 5.60. The summed E-state index contributed by atoms with van der Waals surface area (Å²) in [6.07, 6.45) is 1.55. The minimum atomic E-state index is 0.699. The first kappa shape index (κ1) is 10.9. The highest BCUT2D eigenvalue weighted by Crippen LogP contribution is 1.99. The minimum Gasteiger partial charge on any atom is -0.356 e. The normalized spacial score (nSPS) is 15.4. The number of aryl methyl sites for hydroxylation is 1. The van der Waals surface area contributed by atoms with E-state index in [1.54, 1.807) is 0 Å². The highest BCUT2D eigenvalue weighted by atomic mass is 16.5. The lowest BCUT2D eigenvalue weighted by Crippen LogP contribution is -2.36. The lowest BCUT2D eigenvalue weighted by molar-refractivity contribution is 0.376. The first-order chi connectivity index (χ1) is 7.79. The van der Waals surface area contributed by atoms with Crippen molar-refractivity contribution in [2.75, 3.05) is 26.7 Å². The van der Waals surface area contributed by atoms with Gasteiger partial charge < -0.3 is 14.7 Å². The third-order valence-corrected chi connectivity index (χ3v) is 2.50. The average molecular weight is 223 g/mol. The molecule has 1 N–H and O–H groups in total. The van der Waals surface area contributed by atoms with Crippen LogP contribution in [0.5, 0.6) is 0 Å². The topological polar surface area (TPSA) is 66.6 Å². The molecule has 0 aliphatic carbocycles. The third kappa shape index (κ3) is 2.50. The molecule has 16 heavy (non-hydrogen) atoms. The summed E-state index contributed by atoms with van der Waals surface area (Å²) in [6, 6.07) is 0. The number of likely N-dealkylation sites (N-methyl/N-ethyl adjacent to an activating group) is 1. The Hall–Kier alpha value is -1.59. The lowest BCUT2D eigenvalue weighted by atomic mass is 10.4. The molecule has 1 aromatic heterocycles. The van der Waals surface area contributed by atoms with Crippen LogP contribution in [0.2, 0.25) is 0 Å². The zero-order valence-corrected chi connectivity index (χ0v) is 9.73. The maximum Gasteiger partial charge on any atom is 0.226 e. The summed E-state index contributed by atoms with van der Waals surface area (Å²) < 4.78 is 5.03. The molecule has 0 aromatic carbocycles. The number of hydrogen-bond donors (Lipinski definition) is 1. The van der Waals surface area contributed by atoms with Crippen molar-refractivity contribution in [1.82, 2.24) is 20.4 Å². The van der Waals surface area contributed by atoms with E-state index in [1.807, 2.05) is 14.0 Å². The van der Waals surface area contributed by atoms with Crippen LogP contribution in [-0.4, -0.2) is 47.7 Å². The Labute approximate surface area is 94.7 Å². The molecule has 0 saturated heterocycles. The van der Waals surface area contributed by atoms with E-state index >= 15 is 0 Å². The maximum atomic E-state index is 5.03. The number of nitrogens with one attached hydrogen (secondary N) is 1. The molecular formula is C10H17N5O. The van der Waals surface area contributed by atoms with Crippen LogP contribution in [0, 0.1) is 0 Å². The van der Waals surface area contributed by atoms with Gasteiger partial charge in [0.2, 0.25) is 5.89 Å². The van der Waals surface area contributed by atoms with Gasteiger partial charge in [-0.25, -0.2) is 0 Å².